The number of nitrogens with one attached hydrogen (secondary N) is 1. The van der Waals surface area contributed by atoms with Crippen molar-refractivity contribution >= 4 is 36.9 Å². The van der Waals surface area contributed by atoms with Crippen molar-refractivity contribution in [3.8, 4) is 0 Å². The summed E-state index contributed by atoms with van der Waals surface area (Å²) in [5.74, 6) is -0.896. The zero-order chi connectivity index (χ0) is 23.8. The van der Waals surface area contributed by atoms with Crippen LogP contribution in [0.4, 0.5) is 15.8 Å². The maximum absolute atomic E-state index is 13.7. The van der Waals surface area contributed by atoms with Gasteiger partial charge in [0, 0.05) is 31.1 Å². The van der Waals surface area contributed by atoms with E-state index in [4.69, 9.17) is 4.74 Å². The van der Waals surface area contributed by atoms with Gasteiger partial charge in [-0.2, -0.15) is 9.41 Å². The van der Waals surface area contributed by atoms with E-state index >= 15 is 0 Å². The molecule has 0 aromatic heterocycles. The van der Waals surface area contributed by atoms with Crippen LogP contribution in [0, 0.1) is 15.9 Å². The van der Waals surface area contributed by atoms with Crippen LogP contribution in [0.5, 0.6) is 0 Å². The minimum Gasteiger partial charge on any atom is -0.379 e. The molecule has 0 spiro atoms. The number of ether oxygens (including phenoxy) is 1. The quantitative estimate of drug-likeness (QED) is 0.372. The van der Waals surface area contributed by atoms with E-state index < -0.39 is 36.3 Å². The van der Waals surface area contributed by atoms with Crippen LogP contribution >= 0.6 is 0 Å². The highest BCUT2D eigenvalue weighted by molar-refractivity contribution is 7.91. The second kappa shape index (κ2) is 8.78. The van der Waals surface area contributed by atoms with Gasteiger partial charge in [-0.3, -0.25) is 15.5 Å². The molecule has 14 heteroatoms. The van der Waals surface area contributed by atoms with Gasteiger partial charge in [0.15, 0.2) is 9.84 Å². The van der Waals surface area contributed by atoms with Crippen LogP contribution in [0.2, 0.25) is 0 Å². The summed E-state index contributed by atoms with van der Waals surface area (Å²) in [6.45, 7) is 0.748. The molecule has 1 saturated heterocycles. The van der Waals surface area contributed by atoms with Gasteiger partial charge in [0.25, 0.3) is 5.69 Å². The molecular formula is C19H19FN4O7S2. The molecule has 0 unspecified atom stereocenters. The van der Waals surface area contributed by atoms with Crippen LogP contribution in [0.15, 0.2) is 51.3 Å². The summed E-state index contributed by atoms with van der Waals surface area (Å²) < 4.78 is 70.2. The largest absolute Gasteiger partial charge is 0.379 e. The Labute approximate surface area is 189 Å². The van der Waals surface area contributed by atoms with Crippen molar-refractivity contribution in [1.29, 1.82) is 0 Å². The SMILES string of the molecule is O=[N+]([O-])c1cc(S(=O)(=O)N2CCOCC2)ccc1NN=C1CCS(=O)(=O)c2ccc(F)cc21. The lowest BCUT2D eigenvalue weighted by Gasteiger charge is -2.26. The Bertz CT molecular complexity index is 1350. The summed E-state index contributed by atoms with van der Waals surface area (Å²) in [4.78, 5) is 10.5. The third kappa shape index (κ3) is 4.59. The van der Waals surface area contributed by atoms with Crippen LogP contribution < -0.4 is 5.43 Å². The van der Waals surface area contributed by atoms with Crippen LogP contribution in [-0.2, 0) is 24.6 Å². The lowest BCUT2D eigenvalue weighted by molar-refractivity contribution is -0.384. The second-order valence-corrected chi connectivity index (χ2v) is 11.3. The molecule has 0 bridgehead atoms. The molecule has 176 valence electrons. The Balaban J connectivity index is 1.67. The first kappa shape index (κ1) is 23.2. The van der Waals surface area contributed by atoms with Crippen LogP contribution in [-0.4, -0.2) is 63.8 Å². The standard InChI is InChI=1S/C19H19FN4O7S2/c20-13-1-4-19-15(11-13)16(5-10-32(19,27)28)21-22-17-3-2-14(12-18(17)24(25)26)33(29,30)23-6-8-31-9-7-23/h1-4,11-12,22H,5-10H2. The number of hydrogen-bond donors (Lipinski definition) is 1. The monoisotopic (exact) mass is 498 g/mol. The molecule has 1 N–H and O–H groups in total. The molecular weight excluding hydrogens is 479 g/mol. The number of nitrogens with zero attached hydrogens (tertiary/aromatic N) is 3. The van der Waals surface area contributed by atoms with Crippen LogP contribution in [0.1, 0.15) is 12.0 Å². The number of halogens is 1. The summed E-state index contributed by atoms with van der Waals surface area (Å²) in [5, 5.41) is 15.7. The van der Waals surface area contributed by atoms with E-state index in [0.717, 1.165) is 24.3 Å². The lowest BCUT2D eigenvalue weighted by atomic mass is 10.1. The second-order valence-electron chi connectivity index (χ2n) is 7.33. The fourth-order valence-electron chi connectivity index (χ4n) is 3.57. The summed E-state index contributed by atoms with van der Waals surface area (Å²) in [6, 6.07) is 6.60. The van der Waals surface area contributed by atoms with E-state index in [-0.39, 0.29) is 65.2 Å². The number of rotatable bonds is 5. The minimum atomic E-state index is -3.95. The number of hydrogen-bond acceptors (Lipinski definition) is 9. The van der Waals surface area contributed by atoms with Crippen molar-refractivity contribution in [1.82, 2.24) is 4.31 Å². The van der Waals surface area contributed by atoms with Gasteiger partial charge in [-0.1, -0.05) is 0 Å². The van der Waals surface area contributed by atoms with E-state index in [0.29, 0.717) is 0 Å². The van der Waals surface area contributed by atoms with Crippen molar-refractivity contribution < 1.29 is 30.9 Å². The van der Waals surface area contributed by atoms with Gasteiger partial charge in [-0.15, -0.1) is 0 Å². The lowest BCUT2D eigenvalue weighted by Crippen LogP contribution is -2.40. The fourth-order valence-corrected chi connectivity index (χ4v) is 6.47. The van der Waals surface area contributed by atoms with Crippen molar-refractivity contribution in [2.24, 2.45) is 5.10 Å². The smallest absolute Gasteiger partial charge is 0.295 e. The molecule has 0 aliphatic carbocycles. The van der Waals surface area contributed by atoms with Gasteiger partial charge in [0.2, 0.25) is 10.0 Å². The molecule has 0 atom stereocenters. The van der Waals surface area contributed by atoms with Gasteiger partial charge < -0.3 is 4.74 Å². The predicted octanol–water partition coefficient (Wildman–Crippen LogP) is 1.75. The number of fused-ring (bicyclic) bond motifs is 1. The van der Waals surface area contributed by atoms with E-state index in [1.807, 2.05) is 0 Å². The number of sulfonamides is 1. The highest BCUT2D eigenvalue weighted by atomic mass is 32.2. The van der Waals surface area contributed by atoms with E-state index in [2.05, 4.69) is 10.5 Å². The molecule has 0 amide bonds. The number of benzene rings is 2. The van der Waals surface area contributed by atoms with Gasteiger partial charge >= 0.3 is 0 Å². The first-order valence-electron chi connectivity index (χ1n) is 9.81. The van der Waals surface area contributed by atoms with Crippen molar-refractivity contribution in [3.05, 3.63) is 57.9 Å². The molecule has 2 aromatic carbocycles. The highest BCUT2D eigenvalue weighted by Crippen LogP contribution is 2.31. The van der Waals surface area contributed by atoms with Gasteiger partial charge in [-0.05, 0) is 30.3 Å². The topological polar surface area (TPSA) is 148 Å². The normalized spacial score (nSPS) is 19.7. The summed E-state index contributed by atoms with van der Waals surface area (Å²) in [6.07, 6.45) is -0.0247. The van der Waals surface area contributed by atoms with Crippen LogP contribution in [0.25, 0.3) is 0 Å². The molecule has 11 nitrogen and oxygen atoms in total. The molecule has 2 aliphatic rings. The number of nitro groups is 1. The minimum absolute atomic E-state index is 0.0247. The third-order valence-electron chi connectivity index (χ3n) is 5.28. The molecule has 1 fully saturated rings. The Kier molecular flexibility index (Phi) is 6.18. The number of sulfone groups is 1. The molecule has 2 aliphatic heterocycles. The van der Waals surface area contributed by atoms with Gasteiger partial charge in [0.1, 0.15) is 11.5 Å². The first-order valence-corrected chi connectivity index (χ1v) is 12.9. The Hall–Kier alpha value is -2.94. The molecule has 4 rings (SSSR count). The zero-order valence-electron chi connectivity index (χ0n) is 17.1. The number of anilines is 1. The molecule has 0 saturated carbocycles. The average molecular weight is 499 g/mol. The Morgan fingerprint density at radius 1 is 1.15 bits per heavy atom. The first-order chi connectivity index (χ1) is 15.6. The summed E-state index contributed by atoms with van der Waals surface area (Å²) >= 11 is 0. The van der Waals surface area contributed by atoms with Crippen molar-refractivity contribution in [2.45, 2.75) is 16.2 Å². The van der Waals surface area contributed by atoms with Crippen molar-refractivity contribution in [3.63, 3.8) is 0 Å². The summed E-state index contributed by atoms with van der Waals surface area (Å²) in [5.41, 5.74) is 2.16. The Morgan fingerprint density at radius 2 is 1.88 bits per heavy atom. The molecule has 33 heavy (non-hydrogen) atoms. The highest BCUT2D eigenvalue weighted by Gasteiger charge is 2.30. The van der Waals surface area contributed by atoms with Crippen LogP contribution in [0.3, 0.4) is 0 Å². The molecule has 2 aromatic rings. The number of hydrazone groups is 1. The average Bonchev–Trinajstić information content (AvgIpc) is 2.78. The van der Waals surface area contributed by atoms with Gasteiger partial charge in [-0.25, -0.2) is 21.2 Å². The summed E-state index contributed by atoms with van der Waals surface area (Å²) in [7, 11) is -7.54. The Morgan fingerprint density at radius 3 is 2.58 bits per heavy atom. The van der Waals surface area contributed by atoms with E-state index in [1.165, 1.54) is 16.4 Å². The molecule has 2 heterocycles. The number of nitro benzene ring substituents is 1. The number of morpholine rings is 1. The van der Waals surface area contributed by atoms with E-state index in [1.54, 1.807) is 0 Å². The molecule has 0 radical (unpaired) electrons. The third-order valence-corrected chi connectivity index (χ3v) is 8.94. The maximum atomic E-state index is 13.7. The maximum Gasteiger partial charge on any atom is 0.295 e. The van der Waals surface area contributed by atoms with E-state index in [9.17, 15) is 31.3 Å². The van der Waals surface area contributed by atoms with Crippen molar-refractivity contribution in [2.75, 3.05) is 37.5 Å². The predicted molar refractivity (Wildman–Crippen MR) is 116 cm³/mol. The van der Waals surface area contributed by atoms with Gasteiger partial charge in [0.05, 0.1) is 39.4 Å². The fraction of sp³-hybridized carbons (Fsp3) is 0.316. The zero-order valence-corrected chi connectivity index (χ0v) is 18.7.